The van der Waals surface area contributed by atoms with E-state index in [0.29, 0.717) is 22.8 Å². The molecule has 0 spiro atoms. The number of nitrogens with one attached hydrogen (secondary N) is 2. The number of para-hydroxylation sites is 1. The first kappa shape index (κ1) is 16.6. The quantitative estimate of drug-likeness (QED) is 0.554. The number of H-pyrrole nitrogens is 1. The maximum absolute atomic E-state index is 12.4. The zero-order chi connectivity index (χ0) is 17.8. The summed E-state index contributed by atoms with van der Waals surface area (Å²) in [5.41, 5.74) is 5.41. The minimum Gasteiger partial charge on any atom is -0.497 e. The fourth-order valence-electron chi connectivity index (χ4n) is 2.61. The van der Waals surface area contributed by atoms with Crippen molar-refractivity contribution in [2.24, 2.45) is 5.10 Å². The van der Waals surface area contributed by atoms with E-state index in [-0.39, 0.29) is 5.91 Å². The maximum atomic E-state index is 12.4. The fraction of sp³-hybridized carbons (Fsp3) is 0.158. The molecule has 0 unspecified atom stereocenters. The molecule has 2 aromatic carbocycles. The second-order valence-electron chi connectivity index (χ2n) is 5.45. The number of amides is 1. The molecule has 0 aliphatic rings. The van der Waals surface area contributed by atoms with Gasteiger partial charge in [0.25, 0.3) is 5.91 Å². The summed E-state index contributed by atoms with van der Waals surface area (Å²) in [6, 6.07) is 13.0. The number of methoxy groups -OCH3 is 2. The third-order valence-electron chi connectivity index (χ3n) is 3.96. The highest BCUT2D eigenvalue weighted by Gasteiger charge is 2.12. The molecule has 1 aromatic heterocycles. The molecular weight excluding hydrogens is 318 g/mol. The Balaban J connectivity index is 1.85. The van der Waals surface area contributed by atoms with Crippen LogP contribution in [0.3, 0.4) is 0 Å². The number of aromatic nitrogens is 1. The van der Waals surface area contributed by atoms with E-state index in [0.717, 1.165) is 16.5 Å². The summed E-state index contributed by atoms with van der Waals surface area (Å²) >= 11 is 0. The van der Waals surface area contributed by atoms with Crippen LogP contribution in [0.5, 0.6) is 11.5 Å². The van der Waals surface area contributed by atoms with Crippen molar-refractivity contribution in [2.75, 3.05) is 14.2 Å². The zero-order valence-corrected chi connectivity index (χ0v) is 14.3. The van der Waals surface area contributed by atoms with Crippen molar-refractivity contribution < 1.29 is 14.3 Å². The topological polar surface area (TPSA) is 75.7 Å². The summed E-state index contributed by atoms with van der Waals surface area (Å²) in [5, 5.41) is 5.06. The molecule has 128 valence electrons. The third-order valence-corrected chi connectivity index (χ3v) is 3.96. The molecule has 0 radical (unpaired) electrons. The van der Waals surface area contributed by atoms with Crippen LogP contribution in [0.1, 0.15) is 22.8 Å². The molecule has 0 bridgehead atoms. The molecule has 0 saturated carbocycles. The number of benzene rings is 2. The largest absolute Gasteiger partial charge is 0.497 e. The second-order valence-corrected chi connectivity index (χ2v) is 5.45. The van der Waals surface area contributed by atoms with Crippen molar-refractivity contribution in [3.05, 3.63) is 59.8 Å². The summed E-state index contributed by atoms with van der Waals surface area (Å²) in [6.45, 7) is 1.80. The molecular formula is C19H19N3O3. The smallest absolute Gasteiger partial charge is 0.273 e. The SMILES string of the molecule is COc1ccc(OC)c(/C(C)=N/NC(=O)c2c[nH]c3ccccc23)c1. The highest BCUT2D eigenvalue weighted by molar-refractivity contribution is 6.08. The van der Waals surface area contributed by atoms with Gasteiger partial charge in [0.05, 0.1) is 25.5 Å². The molecule has 6 heteroatoms. The Labute approximate surface area is 145 Å². The van der Waals surface area contributed by atoms with E-state index in [4.69, 9.17) is 9.47 Å². The van der Waals surface area contributed by atoms with Gasteiger partial charge >= 0.3 is 0 Å². The Hall–Kier alpha value is -3.28. The number of aromatic amines is 1. The van der Waals surface area contributed by atoms with Gasteiger partial charge in [-0.25, -0.2) is 5.43 Å². The highest BCUT2D eigenvalue weighted by atomic mass is 16.5. The number of nitrogens with zero attached hydrogens (tertiary/aromatic N) is 1. The van der Waals surface area contributed by atoms with Crippen LogP contribution in [0.4, 0.5) is 0 Å². The minimum absolute atomic E-state index is 0.279. The lowest BCUT2D eigenvalue weighted by molar-refractivity contribution is 0.0956. The normalized spacial score (nSPS) is 11.4. The predicted octanol–water partition coefficient (Wildman–Crippen LogP) is 3.34. The van der Waals surface area contributed by atoms with Crippen molar-refractivity contribution >= 4 is 22.5 Å². The summed E-state index contributed by atoms with van der Waals surface area (Å²) in [6.07, 6.45) is 1.68. The van der Waals surface area contributed by atoms with E-state index in [1.54, 1.807) is 39.5 Å². The number of hydrogen-bond acceptors (Lipinski definition) is 4. The molecule has 0 aliphatic heterocycles. The number of hydrogen-bond donors (Lipinski definition) is 2. The van der Waals surface area contributed by atoms with Crippen molar-refractivity contribution in [2.45, 2.75) is 6.92 Å². The van der Waals surface area contributed by atoms with E-state index >= 15 is 0 Å². The van der Waals surface area contributed by atoms with Crippen molar-refractivity contribution in [3.8, 4) is 11.5 Å². The summed E-state index contributed by atoms with van der Waals surface area (Å²) in [7, 11) is 3.18. The lowest BCUT2D eigenvalue weighted by Crippen LogP contribution is -2.19. The van der Waals surface area contributed by atoms with Crippen molar-refractivity contribution in [1.29, 1.82) is 0 Å². The van der Waals surface area contributed by atoms with Crippen molar-refractivity contribution in [3.63, 3.8) is 0 Å². The predicted molar refractivity (Wildman–Crippen MR) is 97.5 cm³/mol. The first-order valence-electron chi connectivity index (χ1n) is 7.77. The summed E-state index contributed by atoms with van der Waals surface area (Å²) in [5.74, 6) is 1.07. The molecule has 3 aromatic rings. The average Bonchev–Trinajstić information content (AvgIpc) is 3.09. The summed E-state index contributed by atoms with van der Waals surface area (Å²) < 4.78 is 10.6. The van der Waals surface area contributed by atoms with Crippen LogP contribution >= 0.6 is 0 Å². The molecule has 3 rings (SSSR count). The highest BCUT2D eigenvalue weighted by Crippen LogP contribution is 2.24. The van der Waals surface area contributed by atoms with Gasteiger partial charge in [0.2, 0.25) is 0 Å². The molecule has 6 nitrogen and oxygen atoms in total. The average molecular weight is 337 g/mol. The van der Waals surface area contributed by atoms with Crippen LogP contribution in [-0.4, -0.2) is 30.8 Å². The first-order chi connectivity index (χ1) is 12.1. The van der Waals surface area contributed by atoms with Gasteiger partial charge in [0.15, 0.2) is 0 Å². The van der Waals surface area contributed by atoms with Gasteiger partial charge in [-0.2, -0.15) is 5.10 Å². The number of fused-ring (bicyclic) bond motifs is 1. The van der Waals surface area contributed by atoms with Gasteiger partial charge in [0, 0.05) is 22.7 Å². The monoisotopic (exact) mass is 337 g/mol. The Bertz CT molecular complexity index is 944. The van der Waals surface area contributed by atoms with E-state index in [9.17, 15) is 4.79 Å². The fourth-order valence-corrected chi connectivity index (χ4v) is 2.61. The first-order valence-corrected chi connectivity index (χ1v) is 7.77. The Morgan fingerprint density at radius 3 is 2.64 bits per heavy atom. The summed E-state index contributed by atoms with van der Waals surface area (Å²) in [4.78, 5) is 15.5. The molecule has 0 atom stereocenters. The molecule has 0 saturated heterocycles. The Kier molecular flexibility index (Phi) is 4.70. The molecule has 2 N–H and O–H groups in total. The lowest BCUT2D eigenvalue weighted by atomic mass is 10.1. The van der Waals surface area contributed by atoms with Gasteiger partial charge in [-0.05, 0) is 31.2 Å². The van der Waals surface area contributed by atoms with Crippen LogP contribution in [0.15, 0.2) is 53.8 Å². The molecule has 1 amide bonds. The van der Waals surface area contributed by atoms with Crippen LogP contribution in [0.2, 0.25) is 0 Å². The molecule has 0 aliphatic carbocycles. The van der Waals surface area contributed by atoms with Gasteiger partial charge in [0.1, 0.15) is 11.5 Å². The number of rotatable bonds is 5. The van der Waals surface area contributed by atoms with Crippen molar-refractivity contribution in [1.82, 2.24) is 10.4 Å². The van der Waals surface area contributed by atoms with Crippen LogP contribution < -0.4 is 14.9 Å². The number of hydrazone groups is 1. The van der Waals surface area contributed by atoms with E-state index < -0.39 is 0 Å². The number of ether oxygens (including phenoxy) is 2. The number of carbonyl (C=O) groups is 1. The zero-order valence-electron chi connectivity index (χ0n) is 14.3. The number of carbonyl (C=O) groups excluding carboxylic acids is 1. The molecule has 0 fully saturated rings. The molecule has 25 heavy (non-hydrogen) atoms. The third kappa shape index (κ3) is 3.33. The Morgan fingerprint density at radius 1 is 1.08 bits per heavy atom. The van der Waals surface area contributed by atoms with Gasteiger partial charge in [-0.1, -0.05) is 18.2 Å². The van der Waals surface area contributed by atoms with E-state index in [1.807, 2.05) is 30.3 Å². The van der Waals surface area contributed by atoms with E-state index in [2.05, 4.69) is 15.5 Å². The lowest BCUT2D eigenvalue weighted by Gasteiger charge is -2.10. The van der Waals surface area contributed by atoms with Crippen LogP contribution in [-0.2, 0) is 0 Å². The van der Waals surface area contributed by atoms with Crippen LogP contribution in [0.25, 0.3) is 10.9 Å². The minimum atomic E-state index is -0.279. The molecule has 1 heterocycles. The standard InChI is InChI=1S/C19H19N3O3/c1-12(15-10-13(24-2)8-9-18(15)25-3)21-22-19(23)16-11-20-17-7-5-4-6-14(16)17/h4-11,20H,1-3H3,(H,22,23)/b21-12+. The van der Waals surface area contributed by atoms with Gasteiger partial charge in [-0.3, -0.25) is 4.79 Å². The van der Waals surface area contributed by atoms with Crippen LogP contribution in [0, 0.1) is 0 Å². The Morgan fingerprint density at radius 2 is 1.88 bits per heavy atom. The maximum Gasteiger partial charge on any atom is 0.273 e. The van der Waals surface area contributed by atoms with E-state index in [1.165, 1.54) is 0 Å². The second kappa shape index (κ2) is 7.09. The van der Waals surface area contributed by atoms with Gasteiger partial charge < -0.3 is 14.5 Å². The van der Waals surface area contributed by atoms with Gasteiger partial charge in [-0.15, -0.1) is 0 Å².